The van der Waals surface area contributed by atoms with Crippen LogP contribution in [0, 0.1) is 11.7 Å². The van der Waals surface area contributed by atoms with Crippen LogP contribution in [-0.4, -0.2) is 17.6 Å². The second-order valence-electron chi connectivity index (χ2n) is 5.75. The fraction of sp³-hybridized carbons (Fsp3) is 0.222. The Kier molecular flexibility index (Phi) is 5.75. The Labute approximate surface area is 157 Å². The third-order valence-electron chi connectivity index (χ3n) is 3.62. The number of nitrogens with one attached hydrogen (secondary N) is 2. The Morgan fingerprint density at radius 1 is 1.16 bits per heavy atom. The van der Waals surface area contributed by atoms with Gasteiger partial charge >= 0.3 is 0 Å². The molecule has 0 heterocycles. The van der Waals surface area contributed by atoms with E-state index in [0.29, 0.717) is 4.47 Å². The highest BCUT2D eigenvalue weighted by atomic mass is 79.9. The van der Waals surface area contributed by atoms with Crippen molar-refractivity contribution in [3.05, 3.63) is 52.8 Å². The molecule has 0 aliphatic heterocycles. The lowest BCUT2D eigenvalue weighted by molar-refractivity contribution is -0.117. The van der Waals surface area contributed by atoms with Crippen LogP contribution in [0.15, 0.2) is 51.8 Å². The van der Waals surface area contributed by atoms with Crippen molar-refractivity contribution >= 4 is 50.9 Å². The summed E-state index contributed by atoms with van der Waals surface area (Å²) in [6, 6.07) is 11.8. The van der Waals surface area contributed by atoms with E-state index in [1.165, 1.54) is 23.9 Å². The smallest absolute Gasteiger partial charge is 0.234 e. The van der Waals surface area contributed by atoms with Gasteiger partial charge in [-0.15, -0.1) is 11.8 Å². The van der Waals surface area contributed by atoms with E-state index in [0.717, 1.165) is 23.4 Å². The molecule has 4 nitrogen and oxygen atoms in total. The van der Waals surface area contributed by atoms with E-state index in [-0.39, 0.29) is 29.2 Å². The molecule has 1 saturated carbocycles. The molecule has 0 aromatic heterocycles. The number of rotatable bonds is 6. The molecule has 1 aliphatic rings. The van der Waals surface area contributed by atoms with Crippen LogP contribution in [0.4, 0.5) is 15.8 Å². The summed E-state index contributed by atoms with van der Waals surface area (Å²) >= 11 is 4.50. The highest BCUT2D eigenvalue weighted by Crippen LogP contribution is 2.31. The first-order valence-corrected chi connectivity index (χ1v) is 9.58. The summed E-state index contributed by atoms with van der Waals surface area (Å²) in [6.07, 6.45) is 1.90. The Balaban J connectivity index is 1.53. The van der Waals surface area contributed by atoms with Gasteiger partial charge in [0.05, 0.1) is 11.4 Å². The van der Waals surface area contributed by atoms with Crippen LogP contribution in [-0.2, 0) is 9.59 Å². The van der Waals surface area contributed by atoms with E-state index in [9.17, 15) is 14.0 Å². The van der Waals surface area contributed by atoms with Crippen LogP contribution in [0.5, 0.6) is 0 Å². The normalized spacial score (nSPS) is 13.4. The summed E-state index contributed by atoms with van der Waals surface area (Å²) in [5.74, 6) is -0.445. The van der Waals surface area contributed by atoms with Crippen molar-refractivity contribution < 1.29 is 14.0 Å². The minimum atomic E-state index is -0.488. The van der Waals surface area contributed by atoms with Gasteiger partial charge in [0.15, 0.2) is 0 Å². The molecule has 0 atom stereocenters. The number of amides is 2. The number of hydrogen-bond acceptors (Lipinski definition) is 3. The Bertz CT molecular complexity index is 811. The molecule has 130 valence electrons. The summed E-state index contributed by atoms with van der Waals surface area (Å²) in [4.78, 5) is 24.7. The predicted molar refractivity (Wildman–Crippen MR) is 101 cm³/mol. The van der Waals surface area contributed by atoms with Gasteiger partial charge in [0.2, 0.25) is 11.8 Å². The van der Waals surface area contributed by atoms with E-state index in [4.69, 9.17) is 0 Å². The Morgan fingerprint density at radius 3 is 2.68 bits per heavy atom. The van der Waals surface area contributed by atoms with Crippen molar-refractivity contribution in [1.29, 1.82) is 0 Å². The van der Waals surface area contributed by atoms with Crippen molar-refractivity contribution in [3.8, 4) is 0 Å². The average Bonchev–Trinajstić information content (AvgIpc) is 3.41. The SMILES string of the molecule is O=C(CSc1cccc(NC(=O)C2CC2)c1)Nc1ccc(Br)cc1F. The maximum Gasteiger partial charge on any atom is 0.234 e. The number of benzene rings is 2. The maximum atomic E-state index is 13.7. The lowest BCUT2D eigenvalue weighted by Gasteiger charge is -2.08. The van der Waals surface area contributed by atoms with Gasteiger partial charge in [-0.1, -0.05) is 22.0 Å². The van der Waals surface area contributed by atoms with Crippen LogP contribution < -0.4 is 10.6 Å². The van der Waals surface area contributed by atoms with E-state index >= 15 is 0 Å². The first-order valence-electron chi connectivity index (χ1n) is 7.80. The van der Waals surface area contributed by atoms with E-state index in [2.05, 4.69) is 26.6 Å². The molecule has 2 aromatic rings. The third kappa shape index (κ3) is 5.31. The second kappa shape index (κ2) is 8.01. The summed E-state index contributed by atoms with van der Waals surface area (Å²) in [6.45, 7) is 0. The van der Waals surface area contributed by atoms with Crippen molar-refractivity contribution in [1.82, 2.24) is 0 Å². The molecule has 7 heteroatoms. The monoisotopic (exact) mass is 422 g/mol. The lowest BCUT2D eigenvalue weighted by Crippen LogP contribution is -2.15. The van der Waals surface area contributed by atoms with Crippen molar-refractivity contribution in [2.75, 3.05) is 16.4 Å². The van der Waals surface area contributed by atoms with Crippen LogP contribution in [0.2, 0.25) is 0 Å². The largest absolute Gasteiger partial charge is 0.326 e. The second-order valence-corrected chi connectivity index (χ2v) is 7.72. The van der Waals surface area contributed by atoms with Gasteiger partial charge in [-0.25, -0.2) is 4.39 Å². The van der Waals surface area contributed by atoms with Crippen LogP contribution >= 0.6 is 27.7 Å². The van der Waals surface area contributed by atoms with Crippen molar-refractivity contribution in [3.63, 3.8) is 0 Å². The number of anilines is 2. The first kappa shape index (κ1) is 17.9. The van der Waals surface area contributed by atoms with E-state index in [1.807, 2.05) is 24.3 Å². The highest BCUT2D eigenvalue weighted by molar-refractivity contribution is 9.10. The molecule has 2 aromatic carbocycles. The van der Waals surface area contributed by atoms with Gasteiger partial charge in [0.25, 0.3) is 0 Å². The molecule has 25 heavy (non-hydrogen) atoms. The lowest BCUT2D eigenvalue weighted by atomic mass is 10.3. The number of thioether (sulfide) groups is 1. The molecule has 1 aliphatic carbocycles. The fourth-order valence-corrected chi connectivity index (χ4v) is 3.27. The minimum absolute atomic E-state index is 0.0469. The summed E-state index contributed by atoms with van der Waals surface area (Å²) < 4.78 is 14.3. The molecular weight excluding hydrogens is 407 g/mol. The quantitative estimate of drug-likeness (QED) is 0.665. The van der Waals surface area contributed by atoms with E-state index in [1.54, 1.807) is 6.07 Å². The molecule has 0 bridgehead atoms. The van der Waals surface area contributed by atoms with Gasteiger partial charge < -0.3 is 10.6 Å². The zero-order chi connectivity index (χ0) is 17.8. The number of carbonyl (C=O) groups excluding carboxylic acids is 2. The summed E-state index contributed by atoms with van der Waals surface area (Å²) in [5, 5.41) is 5.43. The summed E-state index contributed by atoms with van der Waals surface area (Å²) in [7, 11) is 0. The highest BCUT2D eigenvalue weighted by Gasteiger charge is 2.29. The molecule has 0 unspecified atom stereocenters. The first-order chi connectivity index (χ1) is 12.0. The molecule has 0 saturated heterocycles. The van der Waals surface area contributed by atoms with Crippen LogP contribution in [0.1, 0.15) is 12.8 Å². The maximum absolute atomic E-state index is 13.7. The summed E-state index contributed by atoms with van der Waals surface area (Å²) in [5.41, 5.74) is 0.875. The van der Waals surface area contributed by atoms with Gasteiger partial charge in [-0.05, 0) is 49.2 Å². The van der Waals surface area contributed by atoms with Crippen LogP contribution in [0.25, 0.3) is 0 Å². The molecule has 2 amide bonds. The number of hydrogen-bond donors (Lipinski definition) is 2. The van der Waals surface area contributed by atoms with Gasteiger partial charge in [0, 0.05) is 21.0 Å². The average molecular weight is 423 g/mol. The van der Waals surface area contributed by atoms with Gasteiger partial charge in [-0.3, -0.25) is 9.59 Å². The fourth-order valence-electron chi connectivity index (χ4n) is 2.18. The zero-order valence-corrected chi connectivity index (χ0v) is 15.6. The van der Waals surface area contributed by atoms with Crippen molar-refractivity contribution in [2.45, 2.75) is 17.7 Å². The molecule has 0 spiro atoms. The van der Waals surface area contributed by atoms with Gasteiger partial charge in [0.1, 0.15) is 5.82 Å². The van der Waals surface area contributed by atoms with E-state index < -0.39 is 5.82 Å². The number of carbonyl (C=O) groups is 2. The number of halogens is 2. The van der Waals surface area contributed by atoms with Crippen LogP contribution in [0.3, 0.4) is 0 Å². The topological polar surface area (TPSA) is 58.2 Å². The standard InChI is InChI=1S/C18H16BrFN2O2S/c19-12-6-7-16(15(20)8-12)22-17(23)10-25-14-3-1-2-13(9-14)21-18(24)11-4-5-11/h1-3,6-9,11H,4-5,10H2,(H,21,24)(H,22,23). The molecule has 2 N–H and O–H groups in total. The third-order valence-corrected chi connectivity index (χ3v) is 5.11. The van der Waals surface area contributed by atoms with Gasteiger partial charge in [-0.2, -0.15) is 0 Å². The molecular formula is C18H16BrFN2O2S. The Hall–Kier alpha value is -1.86. The molecule has 3 rings (SSSR count). The zero-order valence-electron chi connectivity index (χ0n) is 13.2. The van der Waals surface area contributed by atoms with Crippen molar-refractivity contribution in [2.24, 2.45) is 5.92 Å². The molecule has 1 fully saturated rings. The molecule has 0 radical (unpaired) electrons. The predicted octanol–water partition coefficient (Wildman–Crippen LogP) is 4.67. The minimum Gasteiger partial charge on any atom is -0.326 e. The Morgan fingerprint density at radius 2 is 1.96 bits per heavy atom.